The van der Waals surface area contributed by atoms with Gasteiger partial charge < -0.3 is 14.8 Å². The summed E-state index contributed by atoms with van der Waals surface area (Å²) in [6, 6.07) is 4.37. The standard InChI is InChI=1S/C15H24BrNO2/c1-5-6-7-8-12(17-2)11-9-10-13(18-3)14(16)15(11)19-4/h9-10,12,17H,5-8H2,1-4H3. The van der Waals surface area contributed by atoms with E-state index in [2.05, 4.69) is 34.2 Å². The lowest BCUT2D eigenvalue weighted by Crippen LogP contribution is -2.17. The molecule has 0 fully saturated rings. The molecule has 3 nitrogen and oxygen atoms in total. The average molecular weight is 330 g/mol. The third-order valence-electron chi connectivity index (χ3n) is 3.34. The SMILES string of the molecule is CCCCCC(NC)c1ccc(OC)c(Br)c1OC. The fourth-order valence-corrected chi connectivity index (χ4v) is 2.93. The van der Waals surface area contributed by atoms with Crippen molar-refractivity contribution in [3.05, 3.63) is 22.2 Å². The Kier molecular flexibility index (Phi) is 7.24. The molecule has 0 bridgehead atoms. The zero-order valence-electron chi connectivity index (χ0n) is 12.3. The minimum Gasteiger partial charge on any atom is -0.495 e. The summed E-state index contributed by atoms with van der Waals surface area (Å²) < 4.78 is 11.7. The molecule has 0 aliphatic rings. The molecular formula is C15H24BrNO2. The molecule has 1 N–H and O–H groups in total. The van der Waals surface area contributed by atoms with Gasteiger partial charge in [-0.15, -0.1) is 0 Å². The van der Waals surface area contributed by atoms with Gasteiger partial charge in [0.25, 0.3) is 0 Å². The normalized spacial score (nSPS) is 12.3. The second kappa shape index (κ2) is 8.43. The van der Waals surface area contributed by atoms with Crippen LogP contribution in [-0.4, -0.2) is 21.3 Å². The van der Waals surface area contributed by atoms with Gasteiger partial charge >= 0.3 is 0 Å². The third kappa shape index (κ3) is 4.11. The summed E-state index contributed by atoms with van der Waals surface area (Å²) >= 11 is 3.55. The highest BCUT2D eigenvalue weighted by atomic mass is 79.9. The first-order chi connectivity index (χ1) is 9.19. The summed E-state index contributed by atoms with van der Waals surface area (Å²) in [5, 5.41) is 3.38. The van der Waals surface area contributed by atoms with Gasteiger partial charge in [-0.1, -0.05) is 26.2 Å². The van der Waals surface area contributed by atoms with E-state index in [1.54, 1.807) is 14.2 Å². The molecule has 1 aromatic rings. The van der Waals surface area contributed by atoms with Gasteiger partial charge in [0, 0.05) is 11.6 Å². The molecule has 0 spiro atoms. The van der Waals surface area contributed by atoms with Gasteiger partial charge in [0.2, 0.25) is 0 Å². The number of ether oxygens (including phenoxy) is 2. The van der Waals surface area contributed by atoms with Crippen molar-refractivity contribution in [2.45, 2.75) is 38.6 Å². The average Bonchev–Trinajstić information content (AvgIpc) is 2.43. The van der Waals surface area contributed by atoms with Crippen LogP contribution in [0, 0.1) is 0 Å². The predicted octanol–water partition coefficient (Wildman–Crippen LogP) is 4.31. The van der Waals surface area contributed by atoms with Crippen molar-refractivity contribution in [3.63, 3.8) is 0 Å². The maximum Gasteiger partial charge on any atom is 0.141 e. The minimum atomic E-state index is 0.309. The molecule has 108 valence electrons. The van der Waals surface area contributed by atoms with Crippen molar-refractivity contribution in [3.8, 4) is 11.5 Å². The zero-order chi connectivity index (χ0) is 14.3. The summed E-state index contributed by atoms with van der Waals surface area (Å²) in [7, 11) is 5.35. The van der Waals surface area contributed by atoms with Gasteiger partial charge in [-0.3, -0.25) is 0 Å². The topological polar surface area (TPSA) is 30.5 Å². The van der Waals surface area contributed by atoms with Crippen molar-refractivity contribution >= 4 is 15.9 Å². The van der Waals surface area contributed by atoms with Crippen molar-refractivity contribution in [2.75, 3.05) is 21.3 Å². The molecule has 19 heavy (non-hydrogen) atoms. The lowest BCUT2D eigenvalue weighted by Gasteiger charge is -2.21. The highest BCUT2D eigenvalue weighted by molar-refractivity contribution is 9.10. The molecule has 0 aliphatic carbocycles. The molecule has 1 aromatic carbocycles. The van der Waals surface area contributed by atoms with E-state index in [4.69, 9.17) is 9.47 Å². The van der Waals surface area contributed by atoms with E-state index in [0.717, 1.165) is 22.4 Å². The second-order valence-corrected chi connectivity index (χ2v) is 5.33. The summed E-state index contributed by atoms with van der Waals surface area (Å²) in [6.45, 7) is 2.22. The van der Waals surface area contributed by atoms with Crippen LogP contribution in [0.2, 0.25) is 0 Å². The maximum absolute atomic E-state index is 5.54. The van der Waals surface area contributed by atoms with Crippen LogP contribution in [0.4, 0.5) is 0 Å². The Bertz CT molecular complexity index is 396. The van der Waals surface area contributed by atoms with Crippen LogP contribution in [0.3, 0.4) is 0 Å². The van der Waals surface area contributed by atoms with Crippen LogP contribution >= 0.6 is 15.9 Å². The van der Waals surface area contributed by atoms with Gasteiger partial charge in [-0.05, 0) is 41.5 Å². The van der Waals surface area contributed by atoms with Gasteiger partial charge in [0.05, 0.1) is 14.2 Å². The molecule has 0 saturated carbocycles. The minimum absolute atomic E-state index is 0.309. The number of benzene rings is 1. The Balaban J connectivity index is 2.99. The number of nitrogens with one attached hydrogen (secondary N) is 1. The molecule has 0 amide bonds. The number of unbranched alkanes of at least 4 members (excludes halogenated alkanes) is 2. The van der Waals surface area contributed by atoms with Crippen LogP contribution in [0.1, 0.15) is 44.2 Å². The molecule has 1 rings (SSSR count). The Morgan fingerprint density at radius 1 is 1.21 bits per heavy atom. The van der Waals surface area contributed by atoms with E-state index in [-0.39, 0.29) is 0 Å². The van der Waals surface area contributed by atoms with E-state index >= 15 is 0 Å². The fourth-order valence-electron chi connectivity index (χ4n) is 2.25. The van der Waals surface area contributed by atoms with E-state index in [9.17, 15) is 0 Å². The van der Waals surface area contributed by atoms with Gasteiger partial charge in [0.1, 0.15) is 16.0 Å². The third-order valence-corrected chi connectivity index (χ3v) is 4.09. The summed E-state index contributed by atoms with van der Waals surface area (Å²) in [5.41, 5.74) is 1.17. The molecule has 0 aliphatic heterocycles. The van der Waals surface area contributed by atoms with Crippen molar-refractivity contribution in [1.29, 1.82) is 0 Å². The lowest BCUT2D eigenvalue weighted by atomic mass is 9.99. The zero-order valence-corrected chi connectivity index (χ0v) is 13.8. The first-order valence-electron chi connectivity index (χ1n) is 6.77. The van der Waals surface area contributed by atoms with Gasteiger partial charge in [0.15, 0.2) is 0 Å². The Labute approximate surface area is 124 Å². The smallest absolute Gasteiger partial charge is 0.141 e. The number of rotatable bonds is 8. The van der Waals surface area contributed by atoms with Crippen molar-refractivity contribution in [1.82, 2.24) is 5.32 Å². The number of hydrogen-bond acceptors (Lipinski definition) is 3. The number of methoxy groups -OCH3 is 2. The van der Waals surface area contributed by atoms with Crippen LogP contribution in [0.5, 0.6) is 11.5 Å². The summed E-state index contributed by atoms with van der Waals surface area (Å²) in [6.07, 6.45) is 4.83. The molecule has 1 atom stereocenters. The molecule has 0 heterocycles. The molecule has 0 saturated heterocycles. The number of halogens is 1. The van der Waals surface area contributed by atoms with E-state index in [0.29, 0.717) is 6.04 Å². The van der Waals surface area contributed by atoms with Gasteiger partial charge in [-0.2, -0.15) is 0 Å². The molecule has 1 unspecified atom stereocenters. The Morgan fingerprint density at radius 3 is 2.47 bits per heavy atom. The van der Waals surface area contributed by atoms with Crippen molar-refractivity contribution in [2.24, 2.45) is 0 Å². The molecule has 4 heteroatoms. The monoisotopic (exact) mass is 329 g/mol. The van der Waals surface area contributed by atoms with Crippen LogP contribution < -0.4 is 14.8 Å². The molecule has 0 aromatic heterocycles. The summed E-state index contributed by atoms with van der Waals surface area (Å²) in [5.74, 6) is 1.65. The Morgan fingerprint density at radius 2 is 1.95 bits per heavy atom. The first-order valence-corrected chi connectivity index (χ1v) is 7.56. The highest BCUT2D eigenvalue weighted by Crippen LogP contribution is 2.40. The lowest BCUT2D eigenvalue weighted by molar-refractivity contribution is 0.378. The van der Waals surface area contributed by atoms with E-state index < -0.39 is 0 Å². The van der Waals surface area contributed by atoms with Gasteiger partial charge in [-0.25, -0.2) is 0 Å². The maximum atomic E-state index is 5.54. The van der Waals surface area contributed by atoms with E-state index in [1.165, 1.54) is 24.8 Å². The van der Waals surface area contributed by atoms with Crippen LogP contribution in [0.25, 0.3) is 0 Å². The Hall–Kier alpha value is -0.740. The predicted molar refractivity (Wildman–Crippen MR) is 83.2 cm³/mol. The van der Waals surface area contributed by atoms with E-state index in [1.807, 2.05) is 13.1 Å². The molecule has 0 radical (unpaired) electrons. The summed E-state index contributed by atoms with van der Waals surface area (Å²) in [4.78, 5) is 0. The number of hydrogen-bond donors (Lipinski definition) is 1. The largest absolute Gasteiger partial charge is 0.495 e. The fraction of sp³-hybridized carbons (Fsp3) is 0.600. The first kappa shape index (κ1) is 16.3. The second-order valence-electron chi connectivity index (χ2n) is 4.54. The van der Waals surface area contributed by atoms with Crippen LogP contribution in [-0.2, 0) is 0 Å². The highest BCUT2D eigenvalue weighted by Gasteiger charge is 2.18. The van der Waals surface area contributed by atoms with Crippen molar-refractivity contribution < 1.29 is 9.47 Å². The molecular weight excluding hydrogens is 306 g/mol. The van der Waals surface area contributed by atoms with Crippen LogP contribution in [0.15, 0.2) is 16.6 Å². The quantitative estimate of drug-likeness (QED) is 0.721.